The molecular weight excluding hydrogens is 448 g/mol. The highest BCUT2D eigenvalue weighted by Crippen LogP contribution is 2.27. The van der Waals surface area contributed by atoms with E-state index in [1.54, 1.807) is 0 Å². The lowest BCUT2D eigenvalue weighted by Gasteiger charge is -2.06. The first-order valence-electron chi connectivity index (χ1n) is 15.2. The smallest absolute Gasteiger partial charge is 0.00830 e. The fraction of sp³-hybridized carbons (Fsp3) is 0.812. The lowest BCUT2D eigenvalue weighted by atomic mass is 10.1. The molecule has 34 heavy (non-hydrogen) atoms. The Morgan fingerprint density at radius 1 is 0.412 bits per heavy atom. The summed E-state index contributed by atoms with van der Waals surface area (Å²) >= 11 is 4.12. The van der Waals surface area contributed by atoms with Gasteiger partial charge in [0, 0.05) is 9.79 Å². The Balaban J connectivity index is 1.91. The lowest BCUT2D eigenvalue weighted by molar-refractivity contribution is 0.555. The molecule has 0 saturated carbocycles. The second-order valence-electron chi connectivity index (χ2n) is 10.2. The average molecular weight is 507 g/mol. The molecule has 0 aliphatic rings. The van der Waals surface area contributed by atoms with Gasteiger partial charge in [-0.25, -0.2) is 0 Å². The quantitative estimate of drug-likeness (QED) is 0.0904. The molecule has 0 saturated heterocycles. The van der Waals surface area contributed by atoms with E-state index in [1.807, 2.05) is 0 Å². The molecule has 1 aromatic rings. The largest absolute Gasteiger partial charge is 0.126 e. The molecule has 0 nitrogen and oxygen atoms in total. The maximum atomic E-state index is 2.42. The van der Waals surface area contributed by atoms with Gasteiger partial charge in [-0.2, -0.15) is 0 Å². The molecule has 0 aliphatic carbocycles. The van der Waals surface area contributed by atoms with Gasteiger partial charge in [-0.1, -0.05) is 148 Å². The van der Waals surface area contributed by atoms with Crippen LogP contribution >= 0.6 is 23.5 Å². The number of benzene rings is 1. The molecule has 0 amide bonds. The maximum absolute atomic E-state index is 2.42. The van der Waals surface area contributed by atoms with Crippen LogP contribution in [0.25, 0.3) is 0 Å². The van der Waals surface area contributed by atoms with Gasteiger partial charge < -0.3 is 0 Å². The van der Waals surface area contributed by atoms with Gasteiger partial charge >= 0.3 is 0 Å². The van der Waals surface area contributed by atoms with Gasteiger partial charge in [-0.05, 0) is 42.5 Å². The van der Waals surface area contributed by atoms with Gasteiger partial charge in [0.15, 0.2) is 0 Å². The van der Waals surface area contributed by atoms with E-state index in [1.165, 1.54) is 163 Å². The van der Waals surface area contributed by atoms with Gasteiger partial charge in [-0.15, -0.1) is 23.5 Å². The summed E-state index contributed by atoms with van der Waals surface area (Å²) in [6.07, 6.45) is 31.5. The second kappa shape index (κ2) is 26.0. The molecule has 0 aliphatic heterocycles. The summed E-state index contributed by atoms with van der Waals surface area (Å²) in [6.45, 7) is 4.60. The number of hydrogen-bond donors (Lipinski definition) is 0. The van der Waals surface area contributed by atoms with Crippen molar-refractivity contribution in [2.45, 2.75) is 165 Å². The first-order chi connectivity index (χ1) is 16.9. The number of rotatable bonds is 26. The minimum atomic E-state index is 1.28. The summed E-state index contributed by atoms with van der Waals surface area (Å²) < 4.78 is 0. The van der Waals surface area contributed by atoms with Crippen LogP contribution < -0.4 is 0 Å². The van der Waals surface area contributed by atoms with E-state index in [9.17, 15) is 0 Å². The fourth-order valence-corrected chi connectivity index (χ4v) is 6.58. The van der Waals surface area contributed by atoms with Crippen LogP contribution in [-0.4, -0.2) is 11.5 Å². The van der Waals surface area contributed by atoms with Crippen molar-refractivity contribution in [1.29, 1.82) is 0 Å². The van der Waals surface area contributed by atoms with Crippen molar-refractivity contribution in [1.82, 2.24) is 0 Å². The first-order valence-corrected chi connectivity index (χ1v) is 17.2. The Hall–Kier alpha value is -0.0800. The number of hydrogen-bond acceptors (Lipinski definition) is 2. The topological polar surface area (TPSA) is 0 Å². The fourth-order valence-electron chi connectivity index (χ4n) is 4.57. The summed E-state index contributed by atoms with van der Waals surface area (Å²) in [7, 11) is 0. The van der Waals surface area contributed by atoms with Gasteiger partial charge in [0.2, 0.25) is 0 Å². The van der Waals surface area contributed by atoms with Crippen molar-refractivity contribution in [3.05, 3.63) is 24.3 Å². The molecular formula is C32H58S2. The lowest BCUT2D eigenvalue weighted by Crippen LogP contribution is -1.85. The summed E-state index contributed by atoms with van der Waals surface area (Å²) in [5.41, 5.74) is 0. The van der Waals surface area contributed by atoms with Crippen LogP contribution in [0, 0.1) is 0 Å². The summed E-state index contributed by atoms with van der Waals surface area (Å²) in [5.74, 6) is 2.56. The standard InChI is InChI=1S/C32H58S2/c1-3-5-7-9-11-13-15-17-19-21-23-28-33-31-26-25-27-32(30-31)34-29-24-22-20-18-16-14-12-10-8-6-4-2/h25-27,30H,3-24,28-29H2,1-2H3. The SMILES string of the molecule is CCCCCCCCCCCCCSc1cccc(SCCCCCCCCCCCCC)c1. The van der Waals surface area contributed by atoms with Crippen molar-refractivity contribution in [3.8, 4) is 0 Å². The van der Waals surface area contributed by atoms with Crippen LogP contribution in [-0.2, 0) is 0 Å². The van der Waals surface area contributed by atoms with E-state index in [0.717, 1.165) is 0 Å². The van der Waals surface area contributed by atoms with E-state index < -0.39 is 0 Å². The van der Waals surface area contributed by atoms with E-state index in [2.05, 4.69) is 61.6 Å². The highest BCUT2D eigenvalue weighted by atomic mass is 32.2. The minimum absolute atomic E-state index is 1.28. The molecule has 0 spiro atoms. The molecule has 0 radical (unpaired) electrons. The van der Waals surface area contributed by atoms with E-state index in [4.69, 9.17) is 0 Å². The summed E-state index contributed by atoms with van der Waals surface area (Å²) in [5, 5.41) is 0. The molecule has 0 N–H and O–H groups in total. The zero-order chi connectivity index (χ0) is 24.4. The monoisotopic (exact) mass is 506 g/mol. The van der Waals surface area contributed by atoms with Crippen molar-refractivity contribution in [2.24, 2.45) is 0 Å². The zero-order valence-corrected chi connectivity index (χ0v) is 24.7. The van der Waals surface area contributed by atoms with Crippen molar-refractivity contribution in [2.75, 3.05) is 11.5 Å². The van der Waals surface area contributed by atoms with E-state index >= 15 is 0 Å². The molecule has 0 unspecified atom stereocenters. The average Bonchev–Trinajstić information content (AvgIpc) is 2.85. The predicted molar refractivity (Wildman–Crippen MR) is 161 cm³/mol. The number of thioether (sulfide) groups is 2. The van der Waals surface area contributed by atoms with Gasteiger partial charge in [0.05, 0.1) is 0 Å². The van der Waals surface area contributed by atoms with Crippen molar-refractivity contribution < 1.29 is 0 Å². The van der Waals surface area contributed by atoms with Gasteiger partial charge in [0.1, 0.15) is 0 Å². The molecule has 0 atom stereocenters. The van der Waals surface area contributed by atoms with Crippen LogP contribution in [0.1, 0.15) is 155 Å². The van der Waals surface area contributed by atoms with Crippen LogP contribution in [0.5, 0.6) is 0 Å². The van der Waals surface area contributed by atoms with E-state index in [-0.39, 0.29) is 0 Å². The number of unbranched alkanes of at least 4 members (excludes halogenated alkanes) is 20. The molecule has 198 valence electrons. The Morgan fingerprint density at radius 2 is 0.706 bits per heavy atom. The third-order valence-corrected chi connectivity index (χ3v) is 9.00. The molecule has 0 fully saturated rings. The molecule has 0 bridgehead atoms. The molecule has 0 aromatic heterocycles. The zero-order valence-electron chi connectivity index (χ0n) is 23.1. The molecule has 2 heteroatoms. The highest BCUT2D eigenvalue weighted by molar-refractivity contribution is 8.00. The van der Waals surface area contributed by atoms with E-state index in [0.29, 0.717) is 0 Å². The predicted octanol–water partition coefficient (Wildman–Crippen LogP) is 12.5. The Kier molecular flexibility index (Phi) is 24.4. The van der Waals surface area contributed by atoms with Crippen LogP contribution in [0.3, 0.4) is 0 Å². The van der Waals surface area contributed by atoms with Crippen molar-refractivity contribution >= 4 is 23.5 Å². The normalized spacial score (nSPS) is 11.4. The molecule has 1 rings (SSSR count). The Labute approximate surface area is 223 Å². The van der Waals surface area contributed by atoms with Crippen molar-refractivity contribution in [3.63, 3.8) is 0 Å². The highest BCUT2D eigenvalue weighted by Gasteiger charge is 2.00. The van der Waals surface area contributed by atoms with Gasteiger partial charge in [0.25, 0.3) is 0 Å². The maximum Gasteiger partial charge on any atom is 0.00830 e. The third-order valence-electron chi connectivity index (χ3n) is 6.84. The Bertz CT molecular complexity index is 484. The molecule has 0 heterocycles. The summed E-state index contributed by atoms with van der Waals surface area (Å²) in [4.78, 5) is 2.94. The molecule has 1 aromatic carbocycles. The first kappa shape index (κ1) is 31.9. The summed E-state index contributed by atoms with van der Waals surface area (Å²) in [6, 6.07) is 9.28. The minimum Gasteiger partial charge on any atom is -0.126 e. The third kappa shape index (κ3) is 21.2. The second-order valence-corrected chi connectivity index (χ2v) is 12.6. The van der Waals surface area contributed by atoms with Crippen LogP contribution in [0.4, 0.5) is 0 Å². The van der Waals surface area contributed by atoms with Crippen LogP contribution in [0.2, 0.25) is 0 Å². The van der Waals surface area contributed by atoms with Crippen LogP contribution in [0.15, 0.2) is 34.1 Å². The Morgan fingerprint density at radius 3 is 1.03 bits per heavy atom. The van der Waals surface area contributed by atoms with Gasteiger partial charge in [-0.3, -0.25) is 0 Å².